The van der Waals surface area contributed by atoms with E-state index in [4.69, 9.17) is 57.7 Å². The Hall–Kier alpha value is -7.22. The lowest BCUT2D eigenvalue weighted by Crippen LogP contribution is -2.18. The number of ketones is 1. The molecular formula is C76H98Cl3IN12O12P6+2. The second-order valence-corrected chi connectivity index (χ2v) is 45.5. The van der Waals surface area contributed by atoms with Gasteiger partial charge >= 0.3 is 15.8 Å². The molecular weight excluding hydrogens is 1690 g/mol. The first-order valence-electron chi connectivity index (χ1n) is 34.4. The summed E-state index contributed by atoms with van der Waals surface area (Å²) in [6, 6.07) is 42.1. The van der Waals surface area contributed by atoms with Gasteiger partial charge in [0, 0.05) is 92.6 Å². The summed E-state index contributed by atoms with van der Waals surface area (Å²) in [5, 5.41) is 10.6. The molecule has 2 saturated carbocycles. The first kappa shape index (κ1) is 93.4. The van der Waals surface area contributed by atoms with E-state index in [1.807, 2.05) is 116 Å². The molecule has 4 amide bonds. The predicted molar refractivity (Wildman–Crippen MR) is 464 cm³/mol. The number of aromatic nitrogens is 3. The van der Waals surface area contributed by atoms with E-state index in [1.165, 1.54) is 6.07 Å². The summed E-state index contributed by atoms with van der Waals surface area (Å²) < 4.78 is 73.5. The van der Waals surface area contributed by atoms with Crippen molar-refractivity contribution in [3.63, 3.8) is 0 Å². The number of amides is 4. The zero-order chi connectivity index (χ0) is 82.5. The molecule has 590 valence electrons. The molecule has 0 saturated heterocycles. The number of halogens is 4. The lowest BCUT2D eigenvalue weighted by atomic mass is 10.1. The van der Waals surface area contributed by atoms with Crippen LogP contribution in [0.15, 0.2) is 140 Å². The van der Waals surface area contributed by atoms with Gasteiger partial charge in [-0.05, 0) is 192 Å². The van der Waals surface area contributed by atoms with Crippen molar-refractivity contribution in [3.8, 4) is 0 Å². The van der Waals surface area contributed by atoms with Crippen molar-refractivity contribution in [3.05, 3.63) is 198 Å². The lowest BCUT2D eigenvalue weighted by Gasteiger charge is -2.17. The number of carbonyl (C=O) groups excluding carboxylic acids is 5. The van der Waals surface area contributed by atoms with Crippen LogP contribution in [0.4, 0.5) is 39.8 Å². The number of rotatable bonds is 14. The topological polar surface area (TPSA) is 374 Å². The fraction of sp³-hybridized carbons (Fsp3) is 0.342. The monoisotopic (exact) mass is 1790 g/mol. The molecule has 6 heterocycles. The smallest absolute Gasteiger partial charge is 0.398 e. The normalized spacial score (nSPS) is 13.8. The maximum atomic E-state index is 12.7. The summed E-state index contributed by atoms with van der Waals surface area (Å²) in [6.45, 7) is 22.4. The van der Waals surface area contributed by atoms with Gasteiger partial charge in [-0.3, -0.25) is 29.0 Å². The minimum absolute atomic E-state index is 0.0934. The van der Waals surface area contributed by atoms with Crippen LogP contribution in [0.3, 0.4) is 0 Å². The Labute approximate surface area is 675 Å². The molecule has 2 aliphatic carbocycles. The zero-order valence-electron chi connectivity index (χ0n) is 64.4. The van der Waals surface area contributed by atoms with Gasteiger partial charge in [0.05, 0.1) is 82.1 Å². The highest BCUT2D eigenvalue weighted by molar-refractivity contribution is 14.1. The zero-order valence-corrected chi connectivity index (χ0v) is 74.2. The molecule has 110 heavy (non-hydrogen) atoms. The molecule has 8 aromatic rings. The largest absolute Gasteiger partial charge is 0.504 e. The molecule has 34 heteroatoms. The van der Waals surface area contributed by atoms with Crippen molar-refractivity contribution < 1.29 is 55.9 Å². The Balaban J connectivity index is 0.000000236. The first-order valence-corrected chi connectivity index (χ1v) is 50.8. The Bertz CT molecular complexity index is 4810. The highest BCUT2D eigenvalue weighted by Crippen LogP contribution is 2.43. The fourth-order valence-corrected chi connectivity index (χ4v) is 16.8. The maximum absolute atomic E-state index is 12.7. The van der Waals surface area contributed by atoms with Gasteiger partial charge in [-0.1, -0.05) is 100 Å². The van der Waals surface area contributed by atoms with E-state index in [-0.39, 0.29) is 47.7 Å². The van der Waals surface area contributed by atoms with Crippen molar-refractivity contribution in [1.82, 2.24) is 29.7 Å². The molecule has 5 aliphatic rings. The standard InChI is InChI=1S/C21H24N3O3P.C16H17ClN3O2P.C8H6Cl2N2O.2C8H12NOP.C6H6IN.C4H7NO.C3H8O2P.C2H6OP/c1-24-12-17-20(21(24)26)16(10-14(22-17)11-18(25)13-8-9-13)23-15-6-4-5-7-19(15)28(2,3)27;1-20-9-12-15(16(20)21)11(8-14(17)19-12)18-10-6-4-5-7-13(10)23(2,3)22;1-12-3-5-7(8(12)13)4(9)2-6(10)11-5;2*1-11(2,10)8-6-4-3-5-7(8)9;7-5-3-1-2-4-6(5)8;5-4(6)3-1-2-3;1-3-5-6(2)4;1-4(2)3/h4-7,10,13H,8-9,11-12H2,1-3H3,(H,22,23);4-8H,9H2,1-3H3,(H,18,19);2H,3H2,1H3;2*3-6H,9H2,1-2H3;1-4H,8H2;3H,1-2H2,(H2,5,6);3H2,1-2H3;1-2H3/q;;;;;;;2*+1. The van der Waals surface area contributed by atoms with Crippen molar-refractivity contribution in [2.75, 3.05) is 129 Å². The highest BCUT2D eigenvalue weighted by atomic mass is 127. The molecule has 13 rings (SSSR count). The second kappa shape index (κ2) is 42.1. The number of fused-ring (bicyclic) bond motifs is 3. The molecule has 0 spiro atoms. The van der Waals surface area contributed by atoms with Crippen molar-refractivity contribution >= 4 is 192 Å². The van der Waals surface area contributed by atoms with Crippen LogP contribution >= 0.6 is 102 Å². The number of benzene rings is 5. The average Bonchev–Trinajstić information content (AvgIpc) is 1.57. The average molecular weight is 1790 g/mol. The summed E-state index contributed by atoms with van der Waals surface area (Å²) in [4.78, 5) is 76.4. The fourth-order valence-electron chi connectivity index (χ4n) is 10.6. The summed E-state index contributed by atoms with van der Waals surface area (Å²) >= 11 is 19.8. The second-order valence-electron chi connectivity index (χ2n) is 27.6. The van der Waals surface area contributed by atoms with E-state index in [1.54, 1.807) is 133 Å². The summed E-state index contributed by atoms with van der Waals surface area (Å²) in [5.74, 6) is 0.203. The Morgan fingerprint density at radius 1 is 0.509 bits per heavy atom. The maximum Gasteiger partial charge on any atom is 0.504 e. The predicted octanol–water partition coefficient (Wildman–Crippen LogP) is 15.7. The van der Waals surface area contributed by atoms with Gasteiger partial charge in [0.1, 0.15) is 58.0 Å². The van der Waals surface area contributed by atoms with E-state index in [0.717, 1.165) is 56.2 Å². The van der Waals surface area contributed by atoms with Crippen LogP contribution < -0.4 is 54.8 Å². The number of hydrogen-bond acceptors (Lipinski definition) is 20. The van der Waals surface area contributed by atoms with Crippen LogP contribution in [0.25, 0.3) is 0 Å². The van der Waals surface area contributed by atoms with E-state index in [2.05, 4.69) is 52.7 Å². The summed E-state index contributed by atoms with van der Waals surface area (Å²) in [7, 11) is -6.38. The van der Waals surface area contributed by atoms with E-state index >= 15 is 0 Å². The van der Waals surface area contributed by atoms with Gasteiger partial charge in [-0.15, -0.1) is 4.52 Å². The molecule has 3 aromatic heterocycles. The number of hydrogen-bond donors (Lipinski definition) is 6. The Kier molecular flexibility index (Phi) is 35.7. The molecule has 0 radical (unpaired) electrons. The minimum atomic E-state index is -2.51. The van der Waals surface area contributed by atoms with Crippen molar-refractivity contribution in [2.45, 2.75) is 58.7 Å². The van der Waals surface area contributed by atoms with Crippen molar-refractivity contribution in [1.29, 1.82) is 0 Å². The SMILES string of the molecule is CCO[P+](C)=O.CN1Cc2nc(CC(=O)C3CC3)cc(Nc3ccccc3P(C)(C)=O)c2C1=O.CN1Cc2nc(Cl)cc(Cl)c2C1=O.CN1Cc2nc(Cl)cc(Nc3ccccc3P(C)(C)=O)c2C1=O.CP(C)(=O)c1ccccc1N.CP(C)(=O)c1ccccc1N.C[P+](C)=O.NC(=O)C1CC1.Nc1ccccc1I. The quantitative estimate of drug-likeness (QED) is 0.0255. The van der Waals surface area contributed by atoms with Crippen molar-refractivity contribution in [2.24, 2.45) is 17.6 Å². The number of carbonyl (C=O) groups is 5. The lowest BCUT2D eigenvalue weighted by molar-refractivity contribution is -0.120. The van der Waals surface area contributed by atoms with Crippen LogP contribution in [-0.4, -0.2) is 160 Å². The third kappa shape index (κ3) is 29.4. The van der Waals surface area contributed by atoms with Crippen LogP contribution in [-0.2, 0) is 67.6 Å². The summed E-state index contributed by atoms with van der Waals surface area (Å²) in [6.07, 6.45) is 4.26. The Morgan fingerprint density at radius 2 is 0.845 bits per heavy atom. The van der Waals surface area contributed by atoms with E-state index in [0.29, 0.717) is 115 Å². The number of pyridine rings is 3. The highest BCUT2D eigenvalue weighted by Gasteiger charge is 2.35. The molecule has 1 atom stereocenters. The van der Waals surface area contributed by atoms with E-state index in [9.17, 15) is 51.4 Å². The number of nitrogens with zero attached hydrogens (tertiary/aromatic N) is 6. The minimum Gasteiger partial charge on any atom is -0.398 e. The Morgan fingerprint density at radius 3 is 1.16 bits per heavy atom. The van der Waals surface area contributed by atoms with Gasteiger partial charge in [0.2, 0.25) is 5.91 Å². The number of nitrogen functional groups attached to an aromatic ring is 3. The number of primary amides is 1. The molecule has 1 unspecified atom stereocenters. The molecule has 5 aromatic carbocycles. The first-order chi connectivity index (χ1) is 51.2. The number of Topliss-reactive ketones (excluding diaryl/α,β-unsaturated/α-hetero) is 1. The number of nitrogens with one attached hydrogen (secondary N) is 2. The third-order valence-corrected chi connectivity index (χ3v) is 24.7. The molecule has 3 aliphatic heterocycles. The third-order valence-electron chi connectivity index (χ3n) is 16.2. The molecule has 24 nitrogen and oxygen atoms in total. The molecule has 0 bridgehead atoms. The number of nitrogens with two attached hydrogens (primary N) is 4. The van der Waals surface area contributed by atoms with Gasteiger partial charge in [0.25, 0.3) is 17.7 Å². The van der Waals surface area contributed by atoms with Crippen LogP contribution in [0.1, 0.15) is 86.5 Å². The van der Waals surface area contributed by atoms with Crippen LogP contribution in [0, 0.1) is 15.4 Å². The van der Waals surface area contributed by atoms with Gasteiger partial charge in [-0.25, -0.2) is 9.97 Å². The van der Waals surface area contributed by atoms with Crippen LogP contribution in [0.5, 0.6) is 0 Å². The molecule has 2 fully saturated rings. The van der Waals surface area contributed by atoms with E-state index < -0.39 is 44.4 Å². The van der Waals surface area contributed by atoms with Gasteiger partial charge in [0.15, 0.2) is 6.66 Å². The van der Waals surface area contributed by atoms with Gasteiger partial charge < -0.3 is 66.5 Å². The molecule has 10 N–H and O–H groups in total. The van der Waals surface area contributed by atoms with Crippen LogP contribution in [0.2, 0.25) is 15.3 Å². The number of anilines is 7. The summed E-state index contributed by atoms with van der Waals surface area (Å²) in [5.41, 5.74) is 30.6. The van der Waals surface area contributed by atoms with Gasteiger partial charge in [-0.2, -0.15) is 0 Å². The number of para-hydroxylation sites is 5.